The van der Waals surface area contributed by atoms with Crippen molar-refractivity contribution in [1.82, 2.24) is 0 Å². The Kier molecular flexibility index (Phi) is 5.58. The molecule has 6 nitrogen and oxygen atoms in total. The number of hydrogen-bond donors (Lipinski definition) is 3. The van der Waals surface area contributed by atoms with Gasteiger partial charge in [0, 0.05) is 12.7 Å². The van der Waals surface area contributed by atoms with Crippen LogP contribution < -0.4 is 0 Å². The number of benzene rings is 1. The Labute approximate surface area is 130 Å². The van der Waals surface area contributed by atoms with E-state index in [2.05, 4.69) is 54.7 Å². The lowest BCUT2D eigenvalue weighted by Crippen LogP contribution is -2.34. The van der Waals surface area contributed by atoms with Crippen LogP contribution in [0.4, 0.5) is 4.79 Å². The summed E-state index contributed by atoms with van der Waals surface area (Å²) >= 11 is 4.26. The molecule has 0 unspecified atom stereocenters. The molecule has 3 N–H and O–H groups in total. The highest BCUT2D eigenvalue weighted by atomic mass is 127. The van der Waals surface area contributed by atoms with Gasteiger partial charge in [0.15, 0.2) is 0 Å². The number of hydrogen-bond acceptors (Lipinski definition) is 6. The van der Waals surface area contributed by atoms with Crippen LogP contribution in [0.5, 0.6) is 0 Å². The Hall–Kier alpha value is -0.170. The van der Waals surface area contributed by atoms with Crippen molar-refractivity contribution >= 4 is 51.3 Å². The summed E-state index contributed by atoms with van der Waals surface area (Å²) in [6.45, 7) is 1.81. The van der Waals surface area contributed by atoms with Gasteiger partial charge >= 0.3 is 12.3 Å². The molecule has 0 saturated heterocycles. The zero-order valence-corrected chi connectivity index (χ0v) is 13.5. The zero-order chi connectivity index (χ0) is 13.9. The average Bonchev–Trinajstić information content (AvgIpc) is 2.18. The standard InChI is InChI=1S/C10H10I2O6/c1-5-2-6(8(12)7(11)3-5)4-17-9(13)18-10(14,15)16/h2-3,14-16H,4H2,1H3. The van der Waals surface area contributed by atoms with Crippen LogP contribution in [0, 0.1) is 14.1 Å². The predicted octanol–water partition coefficient (Wildman–Crippen LogP) is 1.45. The van der Waals surface area contributed by atoms with Gasteiger partial charge in [-0.2, -0.15) is 0 Å². The molecule has 1 aromatic carbocycles. The van der Waals surface area contributed by atoms with Crippen molar-refractivity contribution in [2.45, 2.75) is 19.7 Å². The SMILES string of the molecule is Cc1cc(I)c(I)c(COC(=O)OC(O)(O)O)c1. The second-order valence-electron chi connectivity index (χ2n) is 3.43. The highest BCUT2D eigenvalue weighted by Crippen LogP contribution is 2.22. The Bertz CT molecular complexity index is 454. The summed E-state index contributed by atoms with van der Waals surface area (Å²) in [7, 11) is 0. The molecule has 18 heavy (non-hydrogen) atoms. The number of aryl methyl sites for hydroxylation is 1. The van der Waals surface area contributed by atoms with E-state index in [4.69, 9.17) is 15.3 Å². The molecule has 0 fully saturated rings. The van der Waals surface area contributed by atoms with Gasteiger partial charge in [-0.25, -0.2) is 4.79 Å². The van der Waals surface area contributed by atoms with E-state index in [0.29, 0.717) is 0 Å². The molecule has 0 atom stereocenters. The summed E-state index contributed by atoms with van der Waals surface area (Å²) in [4.78, 5) is 11.0. The molecule has 0 saturated carbocycles. The molecule has 8 heteroatoms. The molecule has 0 aliphatic rings. The topological polar surface area (TPSA) is 96.2 Å². The summed E-state index contributed by atoms with van der Waals surface area (Å²) < 4.78 is 10.3. The fraction of sp³-hybridized carbons (Fsp3) is 0.300. The number of carbonyl (C=O) groups is 1. The van der Waals surface area contributed by atoms with Crippen molar-refractivity contribution in [3.8, 4) is 0 Å². The van der Waals surface area contributed by atoms with E-state index in [1.807, 2.05) is 19.1 Å². The minimum atomic E-state index is -3.52. The first-order chi connectivity index (χ1) is 8.19. The minimum Gasteiger partial charge on any atom is -0.429 e. The molecule has 0 radical (unpaired) electrons. The smallest absolute Gasteiger partial charge is 0.429 e. The zero-order valence-electron chi connectivity index (χ0n) is 9.18. The van der Waals surface area contributed by atoms with Gasteiger partial charge in [-0.1, -0.05) is 6.07 Å². The molecule has 1 rings (SSSR count). The summed E-state index contributed by atoms with van der Waals surface area (Å²) in [6, 6.07) is 3.81. The number of ether oxygens (including phenoxy) is 2. The quantitative estimate of drug-likeness (QED) is 0.345. The molecule has 0 heterocycles. The van der Waals surface area contributed by atoms with Crippen LogP contribution in [0.25, 0.3) is 0 Å². The predicted molar refractivity (Wildman–Crippen MR) is 77.3 cm³/mol. The molecule has 0 spiro atoms. The Balaban J connectivity index is 2.67. The summed E-state index contributed by atoms with van der Waals surface area (Å²) in [5.41, 5.74) is 1.77. The fourth-order valence-electron chi connectivity index (χ4n) is 1.18. The van der Waals surface area contributed by atoms with Crippen LogP contribution >= 0.6 is 45.2 Å². The first-order valence-electron chi connectivity index (χ1n) is 4.66. The molecule has 0 bridgehead atoms. The lowest BCUT2D eigenvalue weighted by molar-refractivity contribution is -0.434. The molecular weight excluding hydrogens is 470 g/mol. The molecule has 0 aliphatic heterocycles. The van der Waals surface area contributed by atoms with Gasteiger partial charge in [-0.3, -0.25) is 0 Å². The maximum absolute atomic E-state index is 11.0. The molecule has 0 amide bonds. The van der Waals surface area contributed by atoms with E-state index in [1.165, 1.54) is 0 Å². The van der Waals surface area contributed by atoms with E-state index >= 15 is 0 Å². The van der Waals surface area contributed by atoms with Gasteiger partial charge in [0.2, 0.25) is 0 Å². The van der Waals surface area contributed by atoms with E-state index in [9.17, 15) is 4.79 Å². The molecule has 1 aromatic rings. The average molecular weight is 480 g/mol. The number of aliphatic hydroxyl groups is 3. The number of rotatable bonds is 3. The lowest BCUT2D eigenvalue weighted by Gasteiger charge is -2.14. The van der Waals surface area contributed by atoms with Crippen molar-refractivity contribution in [2.75, 3.05) is 0 Å². The van der Waals surface area contributed by atoms with Crippen LogP contribution in [-0.4, -0.2) is 27.6 Å². The van der Waals surface area contributed by atoms with Crippen molar-refractivity contribution in [1.29, 1.82) is 0 Å². The van der Waals surface area contributed by atoms with Crippen molar-refractivity contribution in [3.05, 3.63) is 30.4 Å². The van der Waals surface area contributed by atoms with Gasteiger partial charge < -0.3 is 24.8 Å². The molecular formula is C10H10I2O6. The maximum Gasteiger partial charge on any atom is 0.514 e. The van der Waals surface area contributed by atoms with Crippen LogP contribution in [0.1, 0.15) is 11.1 Å². The van der Waals surface area contributed by atoms with Crippen LogP contribution in [0.3, 0.4) is 0 Å². The normalized spacial score (nSPS) is 11.2. The maximum atomic E-state index is 11.0. The van der Waals surface area contributed by atoms with Crippen LogP contribution in [0.2, 0.25) is 0 Å². The molecule has 0 aliphatic carbocycles. The van der Waals surface area contributed by atoms with E-state index in [1.54, 1.807) is 0 Å². The first kappa shape index (κ1) is 15.9. The van der Waals surface area contributed by atoms with Gasteiger partial charge in [0.1, 0.15) is 6.61 Å². The second-order valence-corrected chi connectivity index (χ2v) is 5.68. The molecule has 0 aromatic heterocycles. The third-order valence-electron chi connectivity index (χ3n) is 1.81. The molecule has 100 valence electrons. The number of carbonyl (C=O) groups excluding carboxylic acids is 1. The Morgan fingerprint density at radius 3 is 2.50 bits per heavy atom. The Morgan fingerprint density at radius 2 is 1.94 bits per heavy atom. The largest absolute Gasteiger partial charge is 0.514 e. The minimum absolute atomic E-state index is 0.0924. The highest BCUT2D eigenvalue weighted by Gasteiger charge is 2.25. The third kappa shape index (κ3) is 5.22. The van der Waals surface area contributed by atoms with Gasteiger partial charge in [0.05, 0.1) is 0 Å². The first-order valence-corrected chi connectivity index (χ1v) is 6.82. The summed E-state index contributed by atoms with van der Waals surface area (Å²) in [5.74, 6) is 0. The fourth-order valence-corrected chi connectivity index (χ4v) is 2.48. The lowest BCUT2D eigenvalue weighted by atomic mass is 10.1. The third-order valence-corrected chi connectivity index (χ3v) is 4.97. The van der Waals surface area contributed by atoms with Crippen LogP contribution in [-0.2, 0) is 16.1 Å². The van der Waals surface area contributed by atoms with Crippen molar-refractivity contribution < 1.29 is 29.6 Å². The van der Waals surface area contributed by atoms with Crippen molar-refractivity contribution in [2.24, 2.45) is 0 Å². The Morgan fingerprint density at radius 1 is 1.33 bits per heavy atom. The van der Waals surface area contributed by atoms with E-state index in [0.717, 1.165) is 18.3 Å². The van der Waals surface area contributed by atoms with Gasteiger partial charge in [-0.15, -0.1) is 0 Å². The second kappa shape index (κ2) is 6.32. The summed E-state index contributed by atoms with van der Waals surface area (Å²) in [5, 5.41) is 25.2. The van der Waals surface area contributed by atoms with Crippen molar-refractivity contribution in [3.63, 3.8) is 0 Å². The van der Waals surface area contributed by atoms with Gasteiger partial charge in [-0.05, 0) is 63.7 Å². The van der Waals surface area contributed by atoms with E-state index in [-0.39, 0.29) is 6.61 Å². The van der Waals surface area contributed by atoms with E-state index < -0.39 is 12.3 Å². The summed E-state index contributed by atoms with van der Waals surface area (Å²) in [6.07, 6.45) is -4.90. The number of halogens is 2. The van der Waals surface area contributed by atoms with Gasteiger partial charge in [0.25, 0.3) is 0 Å². The monoisotopic (exact) mass is 480 g/mol. The highest BCUT2D eigenvalue weighted by molar-refractivity contribution is 14.1. The van der Waals surface area contributed by atoms with Crippen LogP contribution in [0.15, 0.2) is 12.1 Å².